The van der Waals surface area contributed by atoms with E-state index >= 15 is 0 Å². The molecular weight excluding hydrogens is 285 g/mol. The third kappa shape index (κ3) is 2.88. The summed E-state index contributed by atoms with van der Waals surface area (Å²) >= 11 is 0. The molecule has 9 heteroatoms. The molecule has 2 aromatic rings. The minimum absolute atomic E-state index is 0.0591. The van der Waals surface area contributed by atoms with Crippen LogP contribution in [0.5, 0.6) is 0 Å². The van der Waals surface area contributed by atoms with E-state index in [9.17, 15) is 14.7 Å². The Bertz CT molecular complexity index is 727. The third-order valence-electron chi connectivity index (χ3n) is 2.71. The van der Waals surface area contributed by atoms with Gasteiger partial charge in [-0.2, -0.15) is 0 Å². The summed E-state index contributed by atoms with van der Waals surface area (Å²) < 4.78 is 10.9. The minimum Gasteiger partial charge on any atom is -0.397 e. The van der Waals surface area contributed by atoms with E-state index < -0.39 is 18.8 Å². The number of benzene rings is 2. The fourth-order valence-electron chi connectivity index (χ4n) is 1.91. The van der Waals surface area contributed by atoms with E-state index in [-0.39, 0.29) is 17.1 Å². The van der Waals surface area contributed by atoms with Gasteiger partial charge in [0.15, 0.2) is 0 Å². The van der Waals surface area contributed by atoms with E-state index in [1.807, 2.05) is 0 Å². The number of fused-ring (bicyclic) bond motifs is 1. The van der Waals surface area contributed by atoms with Crippen LogP contribution in [-0.4, -0.2) is 21.0 Å². The van der Waals surface area contributed by atoms with E-state index in [2.05, 4.69) is 5.32 Å². The molecule has 0 heterocycles. The Balaban J connectivity index is 2.61. The van der Waals surface area contributed by atoms with Gasteiger partial charge < -0.3 is 20.8 Å². The van der Waals surface area contributed by atoms with Crippen molar-refractivity contribution in [2.75, 3.05) is 17.3 Å². The fraction of sp³-hybridized carbons (Fsp3) is 0.0909. The van der Waals surface area contributed by atoms with Crippen LogP contribution in [0.25, 0.3) is 10.8 Å². The Morgan fingerprint density at radius 3 is 2.45 bits per heavy atom. The van der Waals surface area contributed by atoms with Crippen molar-refractivity contribution in [3.63, 3.8) is 0 Å². The molecule has 8 nitrogen and oxygen atoms in total. The van der Waals surface area contributed by atoms with E-state index in [1.165, 1.54) is 6.07 Å². The summed E-state index contributed by atoms with van der Waals surface area (Å²) in [7, 11) is -4.26. The number of rotatable bonds is 4. The fourth-order valence-corrected chi connectivity index (χ4v) is 2.27. The maximum Gasteiger partial charge on any atom is 0.344 e. The van der Waals surface area contributed by atoms with E-state index in [0.717, 1.165) is 0 Å². The van der Waals surface area contributed by atoms with E-state index in [0.29, 0.717) is 10.8 Å². The molecule has 2 aromatic carbocycles. The first kappa shape index (κ1) is 14.3. The van der Waals surface area contributed by atoms with Crippen molar-refractivity contribution >= 4 is 35.4 Å². The molecule has 0 aliphatic rings. The maximum atomic E-state index is 11.0. The van der Waals surface area contributed by atoms with Crippen molar-refractivity contribution < 1.29 is 19.3 Å². The lowest BCUT2D eigenvalue weighted by molar-refractivity contribution is -0.383. The first-order chi connectivity index (χ1) is 9.29. The monoisotopic (exact) mass is 297 g/mol. The van der Waals surface area contributed by atoms with Crippen LogP contribution in [0, 0.1) is 10.1 Å². The molecule has 0 amide bonds. The van der Waals surface area contributed by atoms with Crippen LogP contribution in [0.4, 0.5) is 17.1 Å². The Hall–Kier alpha value is -2.15. The number of nitro benzene ring substituents is 1. The molecule has 5 N–H and O–H groups in total. The van der Waals surface area contributed by atoms with Gasteiger partial charge in [-0.3, -0.25) is 14.7 Å². The number of hydrogen-bond donors (Lipinski definition) is 4. The first-order valence-electron chi connectivity index (χ1n) is 5.53. The third-order valence-corrected chi connectivity index (χ3v) is 3.28. The molecule has 0 saturated carbocycles. The lowest BCUT2D eigenvalue weighted by atomic mass is 10.1. The summed E-state index contributed by atoms with van der Waals surface area (Å²) in [5.41, 5.74) is 5.91. The molecule has 0 spiro atoms. The summed E-state index contributed by atoms with van der Waals surface area (Å²) in [6, 6.07) is 7.62. The Morgan fingerprint density at radius 1 is 1.30 bits per heavy atom. The van der Waals surface area contributed by atoms with Crippen molar-refractivity contribution in [3.05, 3.63) is 40.4 Å². The molecular formula is C11H12N3O5P. The highest BCUT2D eigenvalue weighted by atomic mass is 31.2. The molecule has 0 fully saturated rings. The first-order valence-corrected chi connectivity index (χ1v) is 7.33. The van der Waals surface area contributed by atoms with Crippen molar-refractivity contribution in [1.29, 1.82) is 0 Å². The van der Waals surface area contributed by atoms with Crippen LogP contribution in [0.3, 0.4) is 0 Å². The smallest absolute Gasteiger partial charge is 0.344 e. The van der Waals surface area contributed by atoms with E-state index in [1.54, 1.807) is 24.3 Å². The van der Waals surface area contributed by atoms with Gasteiger partial charge >= 0.3 is 7.60 Å². The summed E-state index contributed by atoms with van der Waals surface area (Å²) in [5.74, 6) is 0. The highest BCUT2D eigenvalue weighted by Gasteiger charge is 2.19. The molecule has 0 aromatic heterocycles. The predicted octanol–water partition coefficient (Wildman–Crippen LogP) is 1.88. The second-order valence-corrected chi connectivity index (χ2v) is 5.81. The molecule has 106 valence electrons. The standard InChI is InChI=1S/C11H12N3O5P/c12-9-5-10(14(15)16)7-3-1-2-4-8(7)11(9)13-6-20(17,18)19/h1-5,13H,6,12H2,(H2,17,18,19). The second kappa shape index (κ2) is 5.09. The minimum atomic E-state index is -4.26. The maximum absolute atomic E-state index is 11.0. The van der Waals surface area contributed by atoms with Crippen LogP contribution in [-0.2, 0) is 4.57 Å². The number of nitrogens with two attached hydrogens (primary N) is 1. The van der Waals surface area contributed by atoms with Gasteiger partial charge in [0.05, 0.1) is 21.7 Å². The average Bonchev–Trinajstić information content (AvgIpc) is 2.35. The summed E-state index contributed by atoms with van der Waals surface area (Å²) in [4.78, 5) is 28.2. The summed E-state index contributed by atoms with van der Waals surface area (Å²) in [6.45, 7) is 0. The van der Waals surface area contributed by atoms with Crippen molar-refractivity contribution in [2.45, 2.75) is 0 Å². The van der Waals surface area contributed by atoms with Crippen LogP contribution < -0.4 is 11.1 Å². The zero-order valence-electron chi connectivity index (χ0n) is 10.2. The average molecular weight is 297 g/mol. The van der Waals surface area contributed by atoms with Crippen LogP contribution in [0.2, 0.25) is 0 Å². The number of hydrogen-bond acceptors (Lipinski definition) is 5. The van der Waals surface area contributed by atoms with Gasteiger partial charge in [-0.1, -0.05) is 18.2 Å². The van der Waals surface area contributed by atoms with Gasteiger partial charge in [0.1, 0.15) is 6.29 Å². The predicted molar refractivity (Wildman–Crippen MR) is 75.5 cm³/mol. The van der Waals surface area contributed by atoms with Crippen LogP contribution >= 0.6 is 7.60 Å². The molecule has 0 atom stereocenters. The number of nitrogen functional groups attached to an aromatic ring is 1. The van der Waals surface area contributed by atoms with Crippen molar-refractivity contribution in [3.8, 4) is 0 Å². The lowest BCUT2D eigenvalue weighted by Crippen LogP contribution is -2.06. The summed E-state index contributed by atoms with van der Waals surface area (Å²) in [5, 5.41) is 14.3. The molecule has 0 bridgehead atoms. The normalized spacial score (nSPS) is 11.5. The Morgan fingerprint density at radius 2 is 1.90 bits per heavy atom. The van der Waals surface area contributed by atoms with Gasteiger partial charge in [0.25, 0.3) is 5.69 Å². The van der Waals surface area contributed by atoms with Crippen LogP contribution in [0.1, 0.15) is 0 Å². The SMILES string of the molecule is Nc1cc([N+](=O)[O-])c2ccccc2c1NCP(=O)(O)O. The molecule has 0 unspecified atom stereocenters. The molecule has 0 radical (unpaired) electrons. The number of nitrogens with zero attached hydrogens (tertiary/aromatic N) is 1. The molecule has 20 heavy (non-hydrogen) atoms. The molecule has 0 aliphatic heterocycles. The molecule has 2 rings (SSSR count). The number of anilines is 2. The van der Waals surface area contributed by atoms with Crippen molar-refractivity contribution in [1.82, 2.24) is 0 Å². The zero-order chi connectivity index (χ0) is 14.9. The number of nitrogens with one attached hydrogen (secondary N) is 1. The Labute approximate surface area is 113 Å². The highest BCUT2D eigenvalue weighted by Crippen LogP contribution is 2.39. The largest absolute Gasteiger partial charge is 0.397 e. The van der Waals surface area contributed by atoms with Crippen molar-refractivity contribution in [2.24, 2.45) is 0 Å². The number of non-ortho nitro benzene ring substituents is 1. The van der Waals surface area contributed by atoms with Crippen LogP contribution in [0.15, 0.2) is 30.3 Å². The molecule has 0 aliphatic carbocycles. The quantitative estimate of drug-likeness (QED) is 0.292. The lowest BCUT2D eigenvalue weighted by Gasteiger charge is -2.13. The van der Waals surface area contributed by atoms with Gasteiger partial charge in [-0.05, 0) is 6.07 Å². The second-order valence-electron chi connectivity index (χ2n) is 4.16. The van der Waals surface area contributed by atoms with Gasteiger partial charge in [0, 0.05) is 11.5 Å². The molecule has 0 saturated heterocycles. The van der Waals surface area contributed by atoms with Gasteiger partial charge in [-0.25, -0.2) is 0 Å². The van der Waals surface area contributed by atoms with E-state index in [4.69, 9.17) is 15.5 Å². The zero-order valence-corrected chi connectivity index (χ0v) is 11.1. The Kier molecular flexibility index (Phi) is 3.63. The summed E-state index contributed by atoms with van der Waals surface area (Å²) in [6.07, 6.45) is -0.598. The number of nitro groups is 1. The highest BCUT2D eigenvalue weighted by molar-refractivity contribution is 7.51. The van der Waals surface area contributed by atoms with Gasteiger partial charge in [0.2, 0.25) is 0 Å². The van der Waals surface area contributed by atoms with Gasteiger partial charge in [-0.15, -0.1) is 0 Å². The topological polar surface area (TPSA) is 139 Å².